The van der Waals surface area contributed by atoms with E-state index >= 15 is 0 Å². The Morgan fingerprint density at radius 2 is 2.15 bits per heavy atom. The second-order valence-electron chi connectivity index (χ2n) is 4.38. The predicted octanol–water partition coefficient (Wildman–Crippen LogP) is 0.949. The third kappa shape index (κ3) is 4.84. The van der Waals surface area contributed by atoms with Crippen molar-refractivity contribution in [3.8, 4) is 0 Å². The highest BCUT2D eigenvalue weighted by molar-refractivity contribution is 7.89. The molecule has 0 bridgehead atoms. The molecule has 0 fully saturated rings. The van der Waals surface area contributed by atoms with E-state index in [0.717, 1.165) is 0 Å². The molecule has 0 aliphatic rings. The van der Waals surface area contributed by atoms with E-state index in [2.05, 4.69) is 15.0 Å². The van der Waals surface area contributed by atoms with Crippen LogP contribution in [0.2, 0.25) is 0 Å². The maximum Gasteiger partial charge on any atom is 0.260 e. The molecule has 6 nitrogen and oxygen atoms in total. The molecule has 0 saturated carbocycles. The molecule has 20 heavy (non-hydrogen) atoms. The normalized spacial score (nSPS) is 14.8. The first-order valence-corrected chi connectivity index (χ1v) is 9.49. The number of sulfonamides is 1. The zero-order valence-electron chi connectivity index (χ0n) is 11.9. The number of rotatable bonds is 8. The molecule has 2 atom stereocenters. The molecule has 0 saturated heterocycles. The van der Waals surface area contributed by atoms with Crippen molar-refractivity contribution in [3.63, 3.8) is 0 Å². The van der Waals surface area contributed by atoms with Crippen LogP contribution in [0.1, 0.15) is 20.3 Å². The molecule has 8 heteroatoms. The van der Waals surface area contributed by atoms with Crippen LogP contribution in [0.5, 0.6) is 0 Å². The number of hydrogen-bond donors (Lipinski definition) is 2. The standard InChI is InChI=1S/C12H21N3O3S2/c1-4-13-11-6-5-8-14-12(11)20(17,18)15-9-7-10(2)19(3)16/h5-6,8,10,13,15H,4,7,9H2,1-3H3. The van der Waals surface area contributed by atoms with Crippen molar-refractivity contribution >= 4 is 26.5 Å². The topological polar surface area (TPSA) is 88.2 Å². The van der Waals surface area contributed by atoms with E-state index in [9.17, 15) is 12.6 Å². The van der Waals surface area contributed by atoms with E-state index in [-0.39, 0.29) is 16.8 Å². The molecule has 0 amide bonds. The first kappa shape index (κ1) is 17.1. The zero-order valence-corrected chi connectivity index (χ0v) is 13.6. The summed E-state index contributed by atoms with van der Waals surface area (Å²) >= 11 is 0. The Kier molecular flexibility index (Phi) is 6.57. The molecule has 0 radical (unpaired) electrons. The van der Waals surface area contributed by atoms with Crippen LogP contribution >= 0.6 is 0 Å². The molecule has 1 aromatic heterocycles. The highest BCUT2D eigenvalue weighted by Gasteiger charge is 2.19. The van der Waals surface area contributed by atoms with Crippen molar-refractivity contribution in [1.29, 1.82) is 0 Å². The SMILES string of the molecule is CCNc1cccnc1S(=O)(=O)NCCC(C)S(C)=O. The number of pyridine rings is 1. The predicted molar refractivity (Wildman–Crippen MR) is 81.7 cm³/mol. The number of nitrogens with one attached hydrogen (secondary N) is 2. The van der Waals surface area contributed by atoms with Crippen molar-refractivity contribution in [2.45, 2.75) is 30.5 Å². The molecule has 2 unspecified atom stereocenters. The van der Waals surface area contributed by atoms with Gasteiger partial charge in [0.2, 0.25) is 0 Å². The number of nitrogens with zero attached hydrogens (tertiary/aromatic N) is 1. The number of anilines is 1. The molecule has 1 rings (SSSR count). The van der Waals surface area contributed by atoms with Gasteiger partial charge in [0.05, 0.1) is 5.69 Å². The lowest BCUT2D eigenvalue weighted by Gasteiger charge is -2.12. The largest absolute Gasteiger partial charge is 0.383 e. The van der Waals surface area contributed by atoms with Gasteiger partial charge in [-0.15, -0.1) is 0 Å². The fourth-order valence-electron chi connectivity index (χ4n) is 1.56. The minimum absolute atomic E-state index is 0.00729. The van der Waals surface area contributed by atoms with Gasteiger partial charge in [-0.05, 0) is 25.5 Å². The summed E-state index contributed by atoms with van der Waals surface area (Å²) in [7, 11) is -4.61. The third-order valence-electron chi connectivity index (χ3n) is 2.80. The lowest BCUT2D eigenvalue weighted by atomic mass is 10.3. The number of aromatic nitrogens is 1. The summed E-state index contributed by atoms with van der Waals surface area (Å²) in [6, 6.07) is 3.36. The van der Waals surface area contributed by atoms with Crippen LogP contribution < -0.4 is 10.0 Å². The van der Waals surface area contributed by atoms with Crippen molar-refractivity contribution < 1.29 is 12.6 Å². The molecular formula is C12H21N3O3S2. The van der Waals surface area contributed by atoms with E-state index in [4.69, 9.17) is 0 Å². The van der Waals surface area contributed by atoms with Crippen LogP contribution in [0.3, 0.4) is 0 Å². The molecule has 0 aromatic carbocycles. The van der Waals surface area contributed by atoms with Crippen molar-refractivity contribution in [1.82, 2.24) is 9.71 Å². The van der Waals surface area contributed by atoms with Crippen LogP contribution in [-0.2, 0) is 20.8 Å². The van der Waals surface area contributed by atoms with Crippen LogP contribution in [0.25, 0.3) is 0 Å². The fraction of sp³-hybridized carbons (Fsp3) is 0.583. The Morgan fingerprint density at radius 3 is 2.75 bits per heavy atom. The molecule has 0 aliphatic heterocycles. The van der Waals surface area contributed by atoms with Crippen LogP contribution in [0, 0.1) is 0 Å². The minimum Gasteiger partial charge on any atom is -0.383 e. The van der Waals surface area contributed by atoms with Gasteiger partial charge in [0, 0.05) is 41.6 Å². The van der Waals surface area contributed by atoms with Gasteiger partial charge in [-0.25, -0.2) is 18.1 Å². The third-order valence-corrected chi connectivity index (χ3v) is 5.59. The monoisotopic (exact) mass is 319 g/mol. The molecule has 1 heterocycles. The van der Waals surface area contributed by atoms with Crippen molar-refractivity contribution in [3.05, 3.63) is 18.3 Å². The fourth-order valence-corrected chi connectivity index (χ4v) is 3.16. The smallest absolute Gasteiger partial charge is 0.260 e. The highest BCUT2D eigenvalue weighted by Crippen LogP contribution is 2.17. The van der Waals surface area contributed by atoms with Crippen molar-refractivity contribution in [2.75, 3.05) is 24.7 Å². The van der Waals surface area contributed by atoms with E-state index in [1.807, 2.05) is 13.8 Å². The summed E-state index contributed by atoms with van der Waals surface area (Å²) in [6.07, 6.45) is 3.58. The Labute approximate surface area is 122 Å². The number of hydrogen-bond acceptors (Lipinski definition) is 5. The molecule has 0 spiro atoms. The second kappa shape index (κ2) is 7.70. The zero-order chi connectivity index (χ0) is 15.2. The minimum atomic E-state index is -3.66. The first-order chi connectivity index (χ1) is 9.38. The maximum absolute atomic E-state index is 12.2. The molecule has 1 aromatic rings. The average Bonchev–Trinajstić information content (AvgIpc) is 2.39. The van der Waals surface area contributed by atoms with Crippen LogP contribution in [0.15, 0.2) is 23.4 Å². The van der Waals surface area contributed by atoms with E-state index in [1.165, 1.54) is 6.20 Å². The summed E-state index contributed by atoms with van der Waals surface area (Å²) in [6.45, 7) is 4.57. The van der Waals surface area contributed by atoms with Gasteiger partial charge < -0.3 is 5.32 Å². The van der Waals surface area contributed by atoms with E-state index < -0.39 is 20.8 Å². The van der Waals surface area contributed by atoms with Gasteiger partial charge in [-0.2, -0.15) is 0 Å². The van der Waals surface area contributed by atoms with E-state index in [0.29, 0.717) is 18.7 Å². The van der Waals surface area contributed by atoms with Gasteiger partial charge in [0.1, 0.15) is 0 Å². The van der Waals surface area contributed by atoms with Crippen LogP contribution in [-0.4, -0.2) is 42.2 Å². The highest BCUT2D eigenvalue weighted by atomic mass is 32.2. The van der Waals surface area contributed by atoms with Gasteiger partial charge >= 0.3 is 0 Å². The summed E-state index contributed by atoms with van der Waals surface area (Å²) in [5.74, 6) is 0. The maximum atomic E-state index is 12.2. The molecular weight excluding hydrogens is 298 g/mol. The van der Waals surface area contributed by atoms with Gasteiger partial charge in [-0.3, -0.25) is 4.21 Å². The van der Waals surface area contributed by atoms with Gasteiger partial charge in [-0.1, -0.05) is 6.92 Å². The molecule has 114 valence electrons. The summed E-state index contributed by atoms with van der Waals surface area (Å²) in [5, 5.41) is 2.92. The summed E-state index contributed by atoms with van der Waals surface area (Å²) < 4.78 is 38.1. The second-order valence-corrected chi connectivity index (χ2v) is 7.87. The lowest BCUT2D eigenvalue weighted by Crippen LogP contribution is -2.29. The molecule has 0 aliphatic carbocycles. The van der Waals surface area contributed by atoms with Crippen molar-refractivity contribution in [2.24, 2.45) is 0 Å². The Hall–Kier alpha value is -0.990. The Morgan fingerprint density at radius 1 is 1.45 bits per heavy atom. The summed E-state index contributed by atoms with van der Waals surface area (Å²) in [4.78, 5) is 3.93. The van der Waals surface area contributed by atoms with Gasteiger partial charge in [0.25, 0.3) is 10.0 Å². The first-order valence-electron chi connectivity index (χ1n) is 6.39. The van der Waals surface area contributed by atoms with Crippen LogP contribution in [0.4, 0.5) is 5.69 Å². The summed E-state index contributed by atoms with van der Waals surface area (Å²) in [5.41, 5.74) is 0.481. The quantitative estimate of drug-likeness (QED) is 0.745. The molecule has 2 N–H and O–H groups in total. The van der Waals surface area contributed by atoms with E-state index in [1.54, 1.807) is 18.4 Å². The Bertz CT molecular complexity index is 561. The lowest BCUT2D eigenvalue weighted by molar-refractivity contribution is 0.574. The average molecular weight is 319 g/mol. The van der Waals surface area contributed by atoms with Gasteiger partial charge in [0.15, 0.2) is 5.03 Å². The Balaban J connectivity index is 2.76.